The predicted molar refractivity (Wildman–Crippen MR) is 63.4 cm³/mol. The van der Waals surface area contributed by atoms with Crippen molar-refractivity contribution in [3.05, 3.63) is 35.4 Å². The van der Waals surface area contributed by atoms with Crippen molar-refractivity contribution >= 4 is 0 Å². The molecule has 1 atom stereocenters. The van der Waals surface area contributed by atoms with E-state index < -0.39 is 11.6 Å². The van der Waals surface area contributed by atoms with E-state index in [1.807, 2.05) is 0 Å². The Labute approximate surface area is 100 Å². The maximum atomic E-state index is 13.1. The third kappa shape index (κ3) is 3.23. The van der Waals surface area contributed by atoms with Crippen molar-refractivity contribution in [3.63, 3.8) is 0 Å². The molecule has 2 nitrogen and oxygen atoms in total. The highest BCUT2D eigenvalue weighted by Crippen LogP contribution is 2.18. The first-order valence-corrected chi connectivity index (χ1v) is 6.05. The van der Waals surface area contributed by atoms with Crippen LogP contribution in [0.25, 0.3) is 0 Å². The van der Waals surface area contributed by atoms with Crippen LogP contribution in [0.2, 0.25) is 0 Å². The number of likely N-dealkylation sites (tertiary alicyclic amines) is 1. The molecule has 1 aliphatic heterocycles. The van der Waals surface area contributed by atoms with Crippen molar-refractivity contribution in [1.82, 2.24) is 4.90 Å². The summed E-state index contributed by atoms with van der Waals surface area (Å²) in [6.45, 7) is 3.34. The van der Waals surface area contributed by atoms with Crippen molar-refractivity contribution in [2.45, 2.75) is 19.4 Å². The van der Waals surface area contributed by atoms with E-state index in [0.29, 0.717) is 19.0 Å². The number of halogens is 2. The lowest BCUT2D eigenvalue weighted by Gasteiger charge is -2.32. The molecular formula is C13H18F2N2. The minimum atomic E-state index is -0.785. The van der Waals surface area contributed by atoms with E-state index in [1.165, 1.54) is 18.6 Å². The van der Waals surface area contributed by atoms with Gasteiger partial charge in [-0.2, -0.15) is 0 Å². The Balaban J connectivity index is 1.97. The fourth-order valence-corrected chi connectivity index (χ4v) is 2.38. The van der Waals surface area contributed by atoms with Gasteiger partial charge in [-0.1, -0.05) is 6.07 Å². The molecule has 0 aromatic heterocycles. The molecule has 1 saturated heterocycles. The average Bonchev–Trinajstić information content (AvgIpc) is 2.34. The smallest absolute Gasteiger partial charge is 0.159 e. The number of nitrogens with zero attached hydrogens (tertiary/aromatic N) is 1. The second-order valence-electron chi connectivity index (χ2n) is 4.73. The Bertz CT molecular complexity index is 382. The minimum absolute atomic E-state index is 0.536. The van der Waals surface area contributed by atoms with Gasteiger partial charge in [-0.3, -0.25) is 4.90 Å². The molecule has 0 amide bonds. The molecule has 0 bridgehead atoms. The summed E-state index contributed by atoms with van der Waals surface area (Å²) in [5.41, 5.74) is 6.49. The maximum absolute atomic E-state index is 13.1. The fourth-order valence-electron chi connectivity index (χ4n) is 2.38. The van der Waals surface area contributed by atoms with Crippen LogP contribution in [0.3, 0.4) is 0 Å². The number of benzene rings is 1. The van der Waals surface area contributed by atoms with E-state index in [4.69, 9.17) is 5.73 Å². The van der Waals surface area contributed by atoms with E-state index in [9.17, 15) is 8.78 Å². The van der Waals surface area contributed by atoms with E-state index in [-0.39, 0.29) is 0 Å². The Kier molecular flexibility index (Phi) is 4.07. The third-order valence-electron chi connectivity index (χ3n) is 3.33. The Morgan fingerprint density at radius 3 is 2.82 bits per heavy atom. The van der Waals surface area contributed by atoms with Gasteiger partial charge in [0.15, 0.2) is 11.6 Å². The molecule has 0 aliphatic carbocycles. The highest BCUT2D eigenvalue weighted by molar-refractivity contribution is 5.17. The van der Waals surface area contributed by atoms with E-state index in [0.717, 1.165) is 25.1 Å². The van der Waals surface area contributed by atoms with Gasteiger partial charge in [0.1, 0.15) is 0 Å². The Morgan fingerprint density at radius 1 is 1.29 bits per heavy atom. The Morgan fingerprint density at radius 2 is 2.12 bits per heavy atom. The Hall–Kier alpha value is -1.00. The summed E-state index contributed by atoms with van der Waals surface area (Å²) in [6, 6.07) is 4.11. The van der Waals surface area contributed by atoms with Gasteiger partial charge in [0, 0.05) is 13.1 Å². The number of rotatable bonds is 3. The molecule has 4 heteroatoms. The molecule has 1 heterocycles. The van der Waals surface area contributed by atoms with Crippen LogP contribution in [0.4, 0.5) is 8.78 Å². The summed E-state index contributed by atoms with van der Waals surface area (Å²) in [5.74, 6) is -1.02. The molecule has 0 radical (unpaired) electrons. The first-order valence-electron chi connectivity index (χ1n) is 6.05. The van der Waals surface area contributed by atoms with Crippen LogP contribution in [-0.2, 0) is 6.54 Å². The lowest BCUT2D eigenvalue weighted by atomic mass is 9.98. The van der Waals surface area contributed by atoms with Gasteiger partial charge in [0.05, 0.1) is 0 Å². The molecule has 94 valence electrons. The molecule has 1 aromatic rings. The van der Waals surface area contributed by atoms with Gasteiger partial charge in [-0.05, 0) is 49.5 Å². The lowest BCUT2D eigenvalue weighted by molar-refractivity contribution is 0.171. The molecule has 17 heavy (non-hydrogen) atoms. The van der Waals surface area contributed by atoms with Gasteiger partial charge in [0.25, 0.3) is 0 Å². The quantitative estimate of drug-likeness (QED) is 0.877. The number of hydrogen-bond donors (Lipinski definition) is 1. The lowest BCUT2D eigenvalue weighted by Crippen LogP contribution is -2.37. The molecule has 2 N–H and O–H groups in total. The largest absolute Gasteiger partial charge is 0.330 e. The number of piperidine rings is 1. The molecule has 2 rings (SSSR count). The van der Waals surface area contributed by atoms with Crippen molar-refractivity contribution in [2.24, 2.45) is 11.7 Å². The third-order valence-corrected chi connectivity index (χ3v) is 3.33. The zero-order valence-corrected chi connectivity index (χ0v) is 9.83. The topological polar surface area (TPSA) is 29.3 Å². The van der Waals surface area contributed by atoms with Crippen molar-refractivity contribution in [3.8, 4) is 0 Å². The maximum Gasteiger partial charge on any atom is 0.159 e. The first kappa shape index (κ1) is 12.5. The van der Waals surface area contributed by atoms with E-state index in [1.54, 1.807) is 6.07 Å². The molecule has 0 saturated carbocycles. The average molecular weight is 240 g/mol. The summed E-state index contributed by atoms with van der Waals surface area (Å²) < 4.78 is 25.9. The monoisotopic (exact) mass is 240 g/mol. The summed E-state index contributed by atoms with van der Waals surface area (Å²) >= 11 is 0. The molecule has 0 unspecified atom stereocenters. The summed E-state index contributed by atoms with van der Waals surface area (Å²) in [6.07, 6.45) is 2.30. The van der Waals surface area contributed by atoms with E-state index in [2.05, 4.69) is 4.90 Å². The van der Waals surface area contributed by atoms with Gasteiger partial charge >= 0.3 is 0 Å². The van der Waals surface area contributed by atoms with E-state index >= 15 is 0 Å². The molecule has 1 aliphatic rings. The highest BCUT2D eigenvalue weighted by Gasteiger charge is 2.18. The zero-order valence-electron chi connectivity index (χ0n) is 9.83. The fraction of sp³-hybridized carbons (Fsp3) is 0.538. The van der Waals surface area contributed by atoms with Gasteiger partial charge in [-0.25, -0.2) is 8.78 Å². The van der Waals surface area contributed by atoms with Crippen LogP contribution >= 0.6 is 0 Å². The van der Waals surface area contributed by atoms with Crippen molar-refractivity contribution < 1.29 is 8.78 Å². The minimum Gasteiger partial charge on any atom is -0.330 e. The van der Waals surface area contributed by atoms with Crippen LogP contribution < -0.4 is 5.73 Å². The van der Waals surface area contributed by atoms with Gasteiger partial charge < -0.3 is 5.73 Å². The normalized spacial score (nSPS) is 21.7. The summed E-state index contributed by atoms with van der Waals surface area (Å²) in [7, 11) is 0. The first-order chi connectivity index (χ1) is 8.19. The highest BCUT2D eigenvalue weighted by atomic mass is 19.2. The van der Waals surface area contributed by atoms with Gasteiger partial charge in [-0.15, -0.1) is 0 Å². The SMILES string of the molecule is NC[C@H]1CCCN(Cc2ccc(F)c(F)c2)C1. The summed E-state index contributed by atoms with van der Waals surface area (Å²) in [5, 5.41) is 0. The van der Waals surface area contributed by atoms with Crippen LogP contribution in [0, 0.1) is 17.6 Å². The molecule has 0 spiro atoms. The predicted octanol–water partition coefficient (Wildman–Crippen LogP) is 2.14. The molecule has 1 fully saturated rings. The zero-order chi connectivity index (χ0) is 12.3. The second kappa shape index (κ2) is 5.56. The molecule has 1 aromatic carbocycles. The van der Waals surface area contributed by atoms with Crippen LogP contribution in [0.15, 0.2) is 18.2 Å². The van der Waals surface area contributed by atoms with Crippen LogP contribution in [0.5, 0.6) is 0 Å². The van der Waals surface area contributed by atoms with Crippen molar-refractivity contribution in [1.29, 1.82) is 0 Å². The van der Waals surface area contributed by atoms with Crippen LogP contribution in [-0.4, -0.2) is 24.5 Å². The number of nitrogens with two attached hydrogens (primary N) is 1. The van der Waals surface area contributed by atoms with Crippen LogP contribution in [0.1, 0.15) is 18.4 Å². The summed E-state index contributed by atoms with van der Waals surface area (Å²) in [4.78, 5) is 2.26. The molecular weight excluding hydrogens is 222 g/mol. The van der Waals surface area contributed by atoms with Crippen molar-refractivity contribution in [2.75, 3.05) is 19.6 Å². The number of hydrogen-bond acceptors (Lipinski definition) is 2. The van der Waals surface area contributed by atoms with Gasteiger partial charge in [0.2, 0.25) is 0 Å². The standard InChI is InChI=1S/C13H18F2N2/c14-12-4-3-10(6-13(12)15)8-17-5-1-2-11(7-16)9-17/h3-4,6,11H,1-2,5,7-9,16H2/t11-/m1/s1. The second-order valence-corrected chi connectivity index (χ2v) is 4.73.